The first-order valence-corrected chi connectivity index (χ1v) is 14.9. The summed E-state index contributed by atoms with van der Waals surface area (Å²) < 4.78 is 11.6. The molecule has 3 N–H and O–H groups in total. The molecule has 1 aliphatic carbocycles. The summed E-state index contributed by atoms with van der Waals surface area (Å²) in [4.78, 5) is 36.1. The molecule has 1 saturated carbocycles. The molecule has 2 unspecified atom stereocenters. The SMILES string of the molecule is O=C(O)c1ccc(OCCCc2ccc(/C=C/CCCOc3ccccc3)cc2)c(C(=O)NC2CCCC(C(=O)O)C2)c1. The number of carbonyl (C=O) groups is 3. The second-order valence-corrected chi connectivity index (χ2v) is 10.8. The van der Waals surface area contributed by atoms with Crippen LogP contribution in [-0.4, -0.2) is 47.3 Å². The summed E-state index contributed by atoms with van der Waals surface area (Å²) in [5, 5.41) is 21.7. The third-order valence-corrected chi connectivity index (χ3v) is 7.51. The molecular weight excluding hydrogens is 546 g/mol. The molecule has 8 heteroatoms. The van der Waals surface area contributed by atoms with Gasteiger partial charge in [0.15, 0.2) is 0 Å². The van der Waals surface area contributed by atoms with E-state index in [1.807, 2.05) is 30.3 Å². The van der Waals surface area contributed by atoms with Gasteiger partial charge in [-0.3, -0.25) is 9.59 Å². The van der Waals surface area contributed by atoms with Gasteiger partial charge in [0.1, 0.15) is 11.5 Å². The summed E-state index contributed by atoms with van der Waals surface area (Å²) in [6.07, 6.45) is 9.97. The van der Waals surface area contributed by atoms with Crippen LogP contribution in [0.3, 0.4) is 0 Å². The average Bonchev–Trinajstić information content (AvgIpc) is 3.02. The fourth-order valence-electron chi connectivity index (χ4n) is 5.16. The van der Waals surface area contributed by atoms with Crippen LogP contribution in [-0.2, 0) is 11.2 Å². The van der Waals surface area contributed by atoms with E-state index in [4.69, 9.17) is 9.47 Å². The maximum Gasteiger partial charge on any atom is 0.335 e. The van der Waals surface area contributed by atoms with E-state index in [2.05, 4.69) is 41.7 Å². The number of benzene rings is 3. The molecule has 0 bridgehead atoms. The Kier molecular flexibility index (Phi) is 11.8. The highest BCUT2D eigenvalue weighted by molar-refractivity contribution is 6.00. The maximum absolute atomic E-state index is 13.1. The number of carbonyl (C=O) groups excluding carboxylic acids is 1. The fourth-order valence-corrected chi connectivity index (χ4v) is 5.16. The standard InChI is InChI=1S/C35H39NO7/c37-33(36-29-12-7-11-27(23-29)34(38)39)31-24-28(35(40)41)19-20-32(31)43-22-8-10-26-17-15-25(16-18-26)9-3-2-6-21-42-30-13-4-1-5-14-30/h1,3-5,9,13-20,24,27,29H,2,6-8,10-12,21-23H2,(H,36,37)(H,38,39)(H,40,41)/b9-3+. The monoisotopic (exact) mass is 585 g/mol. The number of aryl methyl sites for hydroxylation is 1. The van der Waals surface area contributed by atoms with Crippen molar-refractivity contribution in [1.82, 2.24) is 5.32 Å². The topological polar surface area (TPSA) is 122 Å². The van der Waals surface area contributed by atoms with Gasteiger partial charge in [0.2, 0.25) is 0 Å². The highest BCUT2D eigenvalue weighted by Crippen LogP contribution is 2.26. The molecule has 4 rings (SSSR count). The van der Waals surface area contributed by atoms with Gasteiger partial charge in [-0.05, 0) is 86.4 Å². The van der Waals surface area contributed by atoms with Crippen molar-refractivity contribution in [1.29, 1.82) is 0 Å². The third kappa shape index (κ3) is 10.0. The van der Waals surface area contributed by atoms with Gasteiger partial charge < -0.3 is 25.0 Å². The van der Waals surface area contributed by atoms with E-state index in [0.717, 1.165) is 30.6 Å². The van der Waals surface area contributed by atoms with Crippen molar-refractivity contribution >= 4 is 23.9 Å². The third-order valence-electron chi connectivity index (χ3n) is 7.51. The average molecular weight is 586 g/mol. The van der Waals surface area contributed by atoms with Crippen molar-refractivity contribution in [3.63, 3.8) is 0 Å². The van der Waals surface area contributed by atoms with Gasteiger partial charge >= 0.3 is 11.9 Å². The van der Waals surface area contributed by atoms with Crippen LogP contribution < -0.4 is 14.8 Å². The highest BCUT2D eigenvalue weighted by Gasteiger charge is 2.29. The Morgan fingerprint density at radius 1 is 0.884 bits per heavy atom. The van der Waals surface area contributed by atoms with Crippen molar-refractivity contribution in [2.75, 3.05) is 13.2 Å². The summed E-state index contributed by atoms with van der Waals surface area (Å²) in [5.41, 5.74) is 2.42. The van der Waals surface area contributed by atoms with E-state index in [-0.39, 0.29) is 17.2 Å². The van der Waals surface area contributed by atoms with E-state index in [9.17, 15) is 24.6 Å². The first-order valence-electron chi connectivity index (χ1n) is 14.9. The zero-order chi connectivity index (χ0) is 30.4. The van der Waals surface area contributed by atoms with Crippen molar-refractivity contribution in [2.45, 2.75) is 57.4 Å². The van der Waals surface area contributed by atoms with Gasteiger partial charge in [-0.1, -0.05) is 61.0 Å². The second-order valence-electron chi connectivity index (χ2n) is 10.8. The number of hydrogen-bond donors (Lipinski definition) is 3. The summed E-state index contributed by atoms with van der Waals surface area (Å²) >= 11 is 0. The molecule has 0 aromatic heterocycles. The molecular formula is C35H39NO7. The van der Waals surface area contributed by atoms with Crippen LogP contribution in [0.5, 0.6) is 11.5 Å². The first-order chi connectivity index (χ1) is 20.9. The van der Waals surface area contributed by atoms with E-state index < -0.39 is 23.8 Å². The lowest BCUT2D eigenvalue weighted by atomic mass is 9.85. The minimum atomic E-state index is -1.14. The minimum Gasteiger partial charge on any atom is -0.494 e. The lowest BCUT2D eigenvalue weighted by Gasteiger charge is -2.27. The van der Waals surface area contributed by atoms with Gasteiger partial charge in [-0.15, -0.1) is 0 Å². The molecule has 0 saturated heterocycles. The van der Waals surface area contributed by atoms with Crippen LogP contribution >= 0.6 is 0 Å². The number of aliphatic carboxylic acids is 1. The van der Waals surface area contributed by atoms with Crippen molar-refractivity contribution in [2.24, 2.45) is 5.92 Å². The minimum absolute atomic E-state index is 0.0146. The number of unbranched alkanes of at least 4 members (excludes halogenated alkanes) is 1. The number of carboxylic acids is 2. The van der Waals surface area contributed by atoms with Crippen molar-refractivity contribution < 1.29 is 34.1 Å². The van der Waals surface area contributed by atoms with Crippen LogP contribution in [0.4, 0.5) is 0 Å². The molecule has 0 radical (unpaired) electrons. The van der Waals surface area contributed by atoms with Gasteiger partial charge in [-0.25, -0.2) is 4.79 Å². The number of allylic oxidation sites excluding steroid dienone is 1. The number of carboxylic acid groups (broad SMARTS) is 2. The van der Waals surface area contributed by atoms with Crippen molar-refractivity contribution in [3.05, 3.63) is 101 Å². The Morgan fingerprint density at radius 3 is 2.40 bits per heavy atom. The molecule has 1 amide bonds. The van der Waals surface area contributed by atoms with Crippen LogP contribution in [0.1, 0.15) is 76.8 Å². The van der Waals surface area contributed by atoms with Crippen LogP contribution in [0.25, 0.3) is 6.08 Å². The van der Waals surface area contributed by atoms with Crippen LogP contribution in [0, 0.1) is 5.92 Å². The summed E-state index contributed by atoms with van der Waals surface area (Å²) in [6, 6.07) is 22.1. The Hall–Kier alpha value is -4.59. The van der Waals surface area contributed by atoms with Crippen LogP contribution in [0.15, 0.2) is 78.9 Å². The number of para-hydroxylation sites is 1. The Bertz CT molecular complexity index is 1390. The van der Waals surface area contributed by atoms with E-state index >= 15 is 0 Å². The number of amides is 1. The number of aromatic carboxylic acids is 1. The Balaban J connectivity index is 1.23. The summed E-state index contributed by atoms with van der Waals surface area (Å²) in [6.45, 7) is 1.03. The molecule has 0 heterocycles. The number of ether oxygens (including phenoxy) is 2. The lowest BCUT2D eigenvalue weighted by Crippen LogP contribution is -2.40. The molecule has 1 fully saturated rings. The van der Waals surface area contributed by atoms with Gasteiger partial charge in [0.05, 0.1) is 30.3 Å². The predicted octanol–water partition coefficient (Wildman–Crippen LogP) is 6.64. The van der Waals surface area contributed by atoms with Crippen molar-refractivity contribution in [3.8, 4) is 11.5 Å². The molecule has 0 aliphatic heterocycles. The van der Waals surface area contributed by atoms with Gasteiger partial charge in [-0.2, -0.15) is 0 Å². The smallest absolute Gasteiger partial charge is 0.335 e. The normalized spacial score (nSPS) is 16.5. The Morgan fingerprint density at radius 2 is 1.65 bits per heavy atom. The second kappa shape index (κ2) is 16.2. The number of rotatable bonds is 15. The van der Waals surface area contributed by atoms with Gasteiger partial charge in [0, 0.05) is 6.04 Å². The maximum atomic E-state index is 13.1. The first kappa shape index (κ1) is 31.3. The van der Waals surface area contributed by atoms with E-state index in [0.29, 0.717) is 51.1 Å². The quantitative estimate of drug-likeness (QED) is 0.171. The molecule has 1 aliphatic rings. The summed E-state index contributed by atoms with van der Waals surface area (Å²) in [7, 11) is 0. The predicted molar refractivity (Wildman–Crippen MR) is 165 cm³/mol. The molecule has 226 valence electrons. The van der Waals surface area contributed by atoms with E-state index in [1.54, 1.807) is 0 Å². The Labute approximate surface area is 252 Å². The molecule has 3 aromatic carbocycles. The molecule has 8 nitrogen and oxygen atoms in total. The molecule has 43 heavy (non-hydrogen) atoms. The molecule has 0 spiro atoms. The highest BCUT2D eigenvalue weighted by atomic mass is 16.5. The largest absolute Gasteiger partial charge is 0.494 e. The zero-order valence-electron chi connectivity index (χ0n) is 24.2. The number of hydrogen-bond acceptors (Lipinski definition) is 5. The lowest BCUT2D eigenvalue weighted by molar-refractivity contribution is -0.143. The summed E-state index contributed by atoms with van der Waals surface area (Å²) in [5.74, 6) is -1.75. The molecule has 3 aromatic rings. The zero-order valence-corrected chi connectivity index (χ0v) is 24.2. The van der Waals surface area contributed by atoms with E-state index in [1.165, 1.54) is 23.8 Å². The number of nitrogens with one attached hydrogen (secondary N) is 1. The fraction of sp³-hybridized carbons (Fsp3) is 0.343. The van der Waals surface area contributed by atoms with Gasteiger partial charge in [0.25, 0.3) is 5.91 Å². The molecule has 2 atom stereocenters. The van der Waals surface area contributed by atoms with Crippen LogP contribution in [0.2, 0.25) is 0 Å².